The Morgan fingerprint density at radius 3 is 1.41 bits per heavy atom. The third kappa shape index (κ3) is 12.0. The van der Waals surface area contributed by atoms with Crippen LogP contribution in [0.25, 0.3) is 0 Å². The van der Waals surface area contributed by atoms with Gasteiger partial charge in [-0.15, -0.1) is 0 Å². The first-order chi connectivity index (χ1) is 10.4. The Morgan fingerprint density at radius 1 is 0.636 bits per heavy atom. The van der Waals surface area contributed by atoms with Gasteiger partial charge in [0.25, 0.3) is 0 Å². The van der Waals surface area contributed by atoms with Gasteiger partial charge in [0, 0.05) is 0 Å². The summed E-state index contributed by atoms with van der Waals surface area (Å²) >= 11 is 0.563. The van der Waals surface area contributed by atoms with Crippen LogP contribution in [0.1, 0.15) is 51.4 Å². The summed E-state index contributed by atoms with van der Waals surface area (Å²) in [6, 6.07) is 0. The second-order valence-corrected chi connectivity index (χ2v) is 7.51. The maximum Gasteiger partial charge on any atom is 0.673 e. The number of hydrogen-bond donors (Lipinski definition) is 0. The first kappa shape index (κ1) is 19.4. The summed E-state index contributed by atoms with van der Waals surface area (Å²) in [5, 5.41) is 0. The molecule has 0 aromatic carbocycles. The van der Waals surface area contributed by atoms with E-state index in [0.717, 1.165) is 0 Å². The van der Waals surface area contributed by atoms with Crippen LogP contribution in [-0.4, -0.2) is 7.25 Å². The molecule has 0 saturated carbocycles. The quantitative estimate of drug-likeness (QED) is 0.284. The van der Waals surface area contributed by atoms with Crippen molar-refractivity contribution in [2.24, 2.45) is 0 Å². The summed E-state index contributed by atoms with van der Waals surface area (Å²) in [6.07, 6.45) is 24.5. The normalized spacial score (nSPS) is 27.5. The summed E-state index contributed by atoms with van der Waals surface area (Å²) in [6.45, 7) is 0. The third-order valence-electron chi connectivity index (χ3n) is 3.00. The molecule has 0 N–H and O–H groups in total. The summed E-state index contributed by atoms with van der Waals surface area (Å²) in [4.78, 5) is 0. The van der Waals surface area contributed by atoms with Crippen molar-refractivity contribution in [2.45, 2.75) is 51.4 Å². The first-order valence-corrected chi connectivity index (χ1v) is 9.25. The van der Waals surface area contributed by atoms with E-state index >= 15 is 0 Å². The van der Waals surface area contributed by atoms with E-state index in [1.807, 2.05) is 0 Å². The van der Waals surface area contributed by atoms with Crippen LogP contribution in [0.2, 0.25) is 0 Å². The monoisotopic (exact) mass is 404 g/mol. The summed E-state index contributed by atoms with van der Waals surface area (Å²) in [7, 11) is -6.00. The van der Waals surface area contributed by atoms with E-state index in [0.29, 0.717) is 17.1 Å². The van der Waals surface area contributed by atoms with Gasteiger partial charge in [0.2, 0.25) is 0 Å². The van der Waals surface area contributed by atoms with E-state index in [2.05, 4.69) is 36.5 Å². The van der Waals surface area contributed by atoms with Gasteiger partial charge < -0.3 is 17.3 Å². The second-order valence-electron chi connectivity index (χ2n) is 5.00. The Labute approximate surface area is 138 Å². The standard InChI is InChI=1S/2C8H11.BF4.Rh/c2*1-2-4-6-8-7-5-3-1;2-1(3,4)5;/h2*1-2,7H,3-6H2;;/q;;-1;+1/b2*2-1-,8-7?;;. The van der Waals surface area contributed by atoms with Gasteiger partial charge in [-0.2, -0.15) is 0 Å². The molecule has 2 rings (SSSR count). The molecule has 0 spiro atoms. The third-order valence-corrected chi connectivity index (χ3v) is 5.55. The molecule has 0 fully saturated rings. The van der Waals surface area contributed by atoms with E-state index in [1.54, 1.807) is 8.33 Å². The van der Waals surface area contributed by atoms with Gasteiger partial charge in [-0.25, -0.2) is 0 Å². The molecule has 0 atom stereocenters. The van der Waals surface area contributed by atoms with Gasteiger partial charge in [-0.3, -0.25) is 0 Å². The number of allylic oxidation sites excluding steroid dienone is 8. The van der Waals surface area contributed by atoms with E-state index in [1.165, 1.54) is 51.4 Å². The topological polar surface area (TPSA) is 0 Å². The molecule has 126 valence electrons. The molecule has 0 bridgehead atoms. The van der Waals surface area contributed by atoms with Crippen molar-refractivity contribution in [3.8, 4) is 0 Å². The first-order valence-electron chi connectivity index (χ1n) is 7.61. The molecule has 0 aromatic rings. The molecule has 0 amide bonds. The summed E-state index contributed by atoms with van der Waals surface area (Å²) in [5.41, 5.74) is 0. The number of rotatable bonds is 2. The van der Waals surface area contributed by atoms with E-state index < -0.39 is 7.25 Å². The Morgan fingerprint density at radius 2 is 1.00 bits per heavy atom. The molecule has 0 radical (unpaired) electrons. The molecule has 0 heterocycles. The number of halogens is 4. The van der Waals surface area contributed by atoms with Gasteiger partial charge in [-0.1, -0.05) is 0 Å². The Hall–Kier alpha value is -0.632. The molecule has 2 aliphatic carbocycles. The fraction of sp³-hybridized carbons (Fsp3) is 0.500. The van der Waals surface area contributed by atoms with Crippen molar-refractivity contribution >= 4 is 7.25 Å². The average Bonchev–Trinajstić information content (AvgIpc) is 2.32. The minimum atomic E-state index is -6.00. The fourth-order valence-corrected chi connectivity index (χ4v) is 4.42. The molecule has 0 aliphatic heterocycles. The maximum absolute atomic E-state index is 9.75. The minimum Gasteiger partial charge on any atom is -0.418 e. The Balaban J connectivity index is 0.000000422. The maximum atomic E-state index is 9.75. The smallest absolute Gasteiger partial charge is 0.418 e. The zero-order valence-corrected chi connectivity index (χ0v) is 14.2. The van der Waals surface area contributed by atoms with Crippen molar-refractivity contribution in [1.82, 2.24) is 0 Å². The van der Waals surface area contributed by atoms with Crippen molar-refractivity contribution in [3.05, 3.63) is 44.8 Å². The molecule has 0 nitrogen and oxygen atoms in total. The van der Waals surface area contributed by atoms with Crippen molar-refractivity contribution < 1.29 is 34.4 Å². The Bertz CT molecular complexity index is 396. The van der Waals surface area contributed by atoms with Crippen LogP contribution in [0, 0.1) is 0 Å². The van der Waals surface area contributed by atoms with Gasteiger partial charge in [0.15, 0.2) is 0 Å². The predicted octanol–water partition coefficient (Wildman–Crippen LogP) is 6.40. The molecule has 2 aliphatic rings. The summed E-state index contributed by atoms with van der Waals surface area (Å²) in [5.74, 6) is 0. The van der Waals surface area contributed by atoms with Crippen LogP contribution in [0.5, 0.6) is 0 Å². The average molecular weight is 404 g/mol. The van der Waals surface area contributed by atoms with Gasteiger partial charge in [-0.05, 0) is 0 Å². The second kappa shape index (κ2) is 11.0. The van der Waals surface area contributed by atoms with Crippen LogP contribution in [0.3, 0.4) is 0 Å². The Kier molecular flexibility index (Phi) is 9.70. The molecule has 0 unspecified atom stereocenters. The van der Waals surface area contributed by atoms with Crippen LogP contribution in [0.15, 0.2) is 44.8 Å². The van der Waals surface area contributed by atoms with Crippen molar-refractivity contribution in [3.63, 3.8) is 0 Å². The molecule has 22 heavy (non-hydrogen) atoms. The SMILES string of the molecule is C1=C\CC/[C]([Rh+]/[C]2=C/CC/C=C\CC2)=C\CC/1.F[B-](F)(F)F. The predicted molar refractivity (Wildman–Crippen MR) is 81.6 cm³/mol. The van der Waals surface area contributed by atoms with Crippen LogP contribution >= 0.6 is 0 Å². The van der Waals surface area contributed by atoms with E-state index in [-0.39, 0.29) is 0 Å². The zero-order valence-electron chi connectivity index (χ0n) is 12.5. The van der Waals surface area contributed by atoms with Crippen molar-refractivity contribution in [2.75, 3.05) is 0 Å². The van der Waals surface area contributed by atoms with E-state index in [9.17, 15) is 17.3 Å². The minimum absolute atomic E-state index is 0.563. The molecular weight excluding hydrogens is 382 g/mol. The van der Waals surface area contributed by atoms with Gasteiger partial charge >= 0.3 is 121 Å². The largest absolute Gasteiger partial charge is 0.673 e. The number of hydrogen-bond acceptors (Lipinski definition) is 0. The van der Waals surface area contributed by atoms with Gasteiger partial charge in [0.1, 0.15) is 0 Å². The molecule has 0 saturated heterocycles. The molecular formula is C16H22BF4Rh. The molecule has 0 aromatic heterocycles. The van der Waals surface area contributed by atoms with Crippen LogP contribution in [-0.2, 0) is 17.1 Å². The summed E-state index contributed by atoms with van der Waals surface area (Å²) < 4.78 is 42.5. The van der Waals surface area contributed by atoms with E-state index in [4.69, 9.17) is 0 Å². The van der Waals surface area contributed by atoms with Gasteiger partial charge in [0.05, 0.1) is 0 Å². The zero-order chi connectivity index (χ0) is 16.3. The molecule has 6 heteroatoms. The van der Waals surface area contributed by atoms with Crippen molar-refractivity contribution in [1.29, 1.82) is 0 Å². The van der Waals surface area contributed by atoms with Crippen LogP contribution < -0.4 is 0 Å². The van der Waals surface area contributed by atoms with Crippen LogP contribution in [0.4, 0.5) is 17.3 Å². The fourth-order valence-electron chi connectivity index (χ4n) is 2.05.